The third kappa shape index (κ3) is 4.70. The highest BCUT2D eigenvalue weighted by Gasteiger charge is 2.13. The van der Waals surface area contributed by atoms with Crippen molar-refractivity contribution in [1.82, 2.24) is 24.9 Å². The molecule has 9 heteroatoms. The van der Waals surface area contributed by atoms with Gasteiger partial charge in [0.1, 0.15) is 11.4 Å². The van der Waals surface area contributed by atoms with Crippen LogP contribution in [0.15, 0.2) is 41.1 Å². The summed E-state index contributed by atoms with van der Waals surface area (Å²) in [6.07, 6.45) is 3.42. The van der Waals surface area contributed by atoms with E-state index in [1.807, 2.05) is 30.7 Å². The van der Waals surface area contributed by atoms with Crippen molar-refractivity contribution in [2.24, 2.45) is 0 Å². The van der Waals surface area contributed by atoms with E-state index in [1.165, 1.54) is 0 Å². The number of ether oxygens (including phenoxy) is 1. The van der Waals surface area contributed by atoms with Crippen molar-refractivity contribution in [3.63, 3.8) is 0 Å². The molecule has 2 aromatic heterocycles. The Balaban J connectivity index is 1.58. The lowest BCUT2D eigenvalue weighted by atomic mass is 10.2. The fourth-order valence-electron chi connectivity index (χ4n) is 2.56. The van der Waals surface area contributed by atoms with Crippen LogP contribution in [0.3, 0.4) is 0 Å². The molecular weight excluding hydrogens is 434 g/mol. The summed E-state index contributed by atoms with van der Waals surface area (Å²) in [7, 11) is 0. The molecule has 7 nitrogen and oxygen atoms in total. The Kier molecular flexibility index (Phi) is 6.18. The van der Waals surface area contributed by atoms with Crippen molar-refractivity contribution in [3.05, 3.63) is 63.1 Å². The van der Waals surface area contributed by atoms with Crippen LogP contribution in [0.5, 0.6) is 5.75 Å². The SMILES string of the molecule is CCn1ncc(Br)c1CNC(=O)c1ccn(COc2ccc(Cl)cc2C)n1. The normalized spacial score (nSPS) is 10.8. The lowest BCUT2D eigenvalue weighted by molar-refractivity contribution is 0.0942. The molecule has 0 saturated carbocycles. The third-order valence-electron chi connectivity index (χ3n) is 3.98. The number of nitrogens with zero attached hydrogens (tertiary/aromatic N) is 4. The zero-order valence-electron chi connectivity index (χ0n) is 14.9. The van der Waals surface area contributed by atoms with Gasteiger partial charge in [0.2, 0.25) is 0 Å². The van der Waals surface area contributed by atoms with Crippen LogP contribution in [-0.4, -0.2) is 25.5 Å². The quantitative estimate of drug-likeness (QED) is 0.592. The molecule has 0 fully saturated rings. The highest BCUT2D eigenvalue weighted by Crippen LogP contribution is 2.22. The average molecular weight is 453 g/mol. The standard InChI is InChI=1S/C18H19BrClN5O2/c1-3-25-16(14(19)9-22-25)10-21-18(26)15-6-7-24(23-15)11-27-17-5-4-13(20)8-12(17)2/h4-9H,3,10-11H2,1-2H3,(H,21,26). The van der Waals surface area contributed by atoms with E-state index in [9.17, 15) is 4.79 Å². The minimum absolute atomic E-state index is 0.198. The van der Waals surface area contributed by atoms with Crippen LogP contribution < -0.4 is 10.1 Å². The summed E-state index contributed by atoms with van der Waals surface area (Å²) in [5, 5.41) is 12.0. The maximum absolute atomic E-state index is 12.3. The van der Waals surface area contributed by atoms with E-state index in [1.54, 1.807) is 29.2 Å². The molecule has 1 aromatic carbocycles. The molecule has 0 bridgehead atoms. The number of amides is 1. The van der Waals surface area contributed by atoms with E-state index < -0.39 is 0 Å². The summed E-state index contributed by atoms with van der Waals surface area (Å²) in [6, 6.07) is 7.06. The van der Waals surface area contributed by atoms with E-state index in [-0.39, 0.29) is 12.6 Å². The second-order valence-corrected chi connectivity index (χ2v) is 7.15. The fourth-order valence-corrected chi connectivity index (χ4v) is 3.22. The molecule has 3 rings (SSSR count). The Morgan fingerprint density at radius 2 is 2.19 bits per heavy atom. The van der Waals surface area contributed by atoms with Crippen LogP contribution in [0.25, 0.3) is 0 Å². The van der Waals surface area contributed by atoms with Gasteiger partial charge in [0.05, 0.1) is 22.9 Å². The number of carbonyl (C=O) groups excluding carboxylic acids is 1. The lowest BCUT2D eigenvalue weighted by Crippen LogP contribution is -2.25. The number of benzene rings is 1. The zero-order valence-corrected chi connectivity index (χ0v) is 17.3. The van der Waals surface area contributed by atoms with Crippen LogP contribution in [0.4, 0.5) is 0 Å². The first-order valence-electron chi connectivity index (χ1n) is 8.38. The van der Waals surface area contributed by atoms with Crippen molar-refractivity contribution in [1.29, 1.82) is 0 Å². The number of hydrogen-bond acceptors (Lipinski definition) is 4. The molecule has 0 spiro atoms. The number of carbonyl (C=O) groups is 1. The molecule has 3 aromatic rings. The minimum atomic E-state index is -0.257. The van der Waals surface area contributed by atoms with Crippen LogP contribution in [-0.2, 0) is 19.8 Å². The van der Waals surface area contributed by atoms with Gasteiger partial charge in [-0.2, -0.15) is 10.2 Å². The first kappa shape index (κ1) is 19.4. The molecule has 0 aliphatic rings. The highest BCUT2D eigenvalue weighted by molar-refractivity contribution is 9.10. The van der Waals surface area contributed by atoms with Crippen molar-refractivity contribution in [2.75, 3.05) is 0 Å². The molecule has 0 saturated heterocycles. The maximum atomic E-state index is 12.3. The van der Waals surface area contributed by atoms with Crippen LogP contribution >= 0.6 is 27.5 Å². The molecule has 0 radical (unpaired) electrons. The topological polar surface area (TPSA) is 74.0 Å². The minimum Gasteiger partial charge on any atom is -0.471 e. The molecule has 1 amide bonds. The summed E-state index contributed by atoms with van der Waals surface area (Å²) in [5.74, 6) is 0.464. The fraction of sp³-hybridized carbons (Fsp3) is 0.278. The summed E-state index contributed by atoms with van der Waals surface area (Å²) in [6.45, 7) is 5.20. The van der Waals surface area contributed by atoms with Gasteiger partial charge < -0.3 is 10.1 Å². The number of nitrogens with one attached hydrogen (secondary N) is 1. The lowest BCUT2D eigenvalue weighted by Gasteiger charge is -2.09. The van der Waals surface area contributed by atoms with E-state index in [4.69, 9.17) is 16.3 Å². The number of rotatable bonds is 7. The first-order chi connectivity index (χ1) is 13.0. The van der Waals surface area contributed by atoms with Gasteiger partial charge in [0.15, 0.2) is 6.73 Å². The number of halogens is 2. The molecule has 27 heavy (non-hydrogen) atoms. The monoisotopic (exact) mass is 451 g/mol. The molecule has 2 heterocycles. The number of hydrogen-bond donors (Lipinski definition) is 1. The smallest absolute Gasteiger partial charge is 0.272 e. The highest BCUT2D eigenvalue weighted by atomic mass is 79.9. The van der Waals surface area contributed by atoms with Gasteiger partial charge in [-0.05, 0) is 59.6 Å². The third-order valence-corrected chi connectivity index (χ3v) is 4.87. The summed E-state index contributed by atoms with van der Waals surface area (Å²) >= 11 is 9.38. The second-order valence-electron chi connectivity index (χ2n) is 5.86. The predicted octanol–water partition coefficient (Wildman–Crippen LogP) is 3.79. The largest absolute Gasteiger partial charge is 0.471 e. The van der Waals surface area contributed by atoms with Crippen LogP contribution in [0, 0.1) is 6.92 Å². The van der Waals surface area contributed by atoms with Crippen molar-refractivity contribution in [3.8, 4) is 5.75 Å². The number of aryl methyl sites for hydroxylation is 2. The molecular formula is C18H19BrClN5O2. The Morgan fingerprint density at radius 3 is 2.93 bits per heavy atom. The van der Waals surface area contributed by atoms with Crippen LogP contribution in [0.1, 0.15) is 28.7 Å². The summed E-state index contributed by atoms with van der Waals surface area (Å²) in [5.41, 5.74) is 2.17. The van der Waals surface area contributed by atoms with Crippen molar-refractivity contribution in [2.45, 2.75) is 33.7 Å². The van der Waals surface area contributed by atoms with E-state index in [0.29, 0.717) is 17.3 Å². The van der Waals surface area contributed by atoms with Crippen molar-refractivity contribution >= 4 is 33.4 Å². The van der Waals surface area contributed by atoms with E-state index in [0.717, 1.165) is 28.0 Å². The maximum Gasteiger partial charge on any atom is 0.272 e. The molecule has 0 unspecified atom stereocenters. The Hall–Kier alpha value is -2.32. The zero-order chi connectivity index (χ0) is 19.4. The molecule has 0 aliphatic heterocycles. The first-order valence-corrected chi connectivity index (χ1v) is 9.55. The van der Waals surface area contributed by atoms with E-state index >= 15 is 0 Å². The van der Waals surface area contributed by atoms with Gasteiger partial charge in [-0.15, -0.1) is 0 Å². The van der Waals surface area contributed by atoms with Gasteiger partial charge in [0, 0.05) is 17.8 Å². The second kappa shape index (κ2) is 8.58. The van der Waals surface area contributed by atoms with Gasteiger partial charge in [-0.3, -0.25) is 9.48 Å². The molecule has 0 aliphatic carbocycles. The van der Waals surface area contributed by atoms with Gasteiger partial charge >= 0.3 is 0 Å². The van der Waals surface area contributed by atoms with Gasteiger partial charge in [-0.1, -0.05) is 11.6 Å². The Bertz CT molecular complexity index is 953. The number of aromatic nitrogens is 4. The summed E-state index contributed by atoms with van der Waals surface area (Å²) in [4.78, 5) is 12.3. The van der Waals surface area contributed by atoms with Crippen LogP contribution in [0.2, 0.25) is 5.02 Å². The van der Waals surface area contributed by atoms with Gasteiger partial charge in [0.25, 0.3) is 5.91 Å². The Labute approximate surface area is 170 Å². The Morgan fingerprint density at radius 1 is 1.37 bits per heavy atom. The van der Waals surface area contributed by atoms with Gasteiger partial charge in [-0.25, -0.2) is 4.68 Å². The molecule has 0 atom stereocenters. The van der Waals surface area contributed by atoms with E-state index in [2.05, 4.69) is 31.4 Å². The summed E-state index contributed by atoms with van der Waals surface area (Å²) < 4.78 is 9.98. The van der Waals surface area contributed by atoms with Crippen molar-refractivity contribution < 1.29 is 9.53 Å². The average Bonchev–Trinajstić information content (AvgIpc) is 3.25. The predicted molar refractivity (Wildman–Crippen MR) is 106 cm³/mol. The molecule has 1 N–H and O–H groups in total. The molecule has 142 valence electrons.